The van der Waals surface area contributed by atoms with Crippen LogP contribution in [0.3, 0.4) is 0 Å². The van der Waals surface area contributed by atoms with Gasteiger partial charge in [-0.15, -0.1) is 0 Å². The van der Waals surface area contributed by atoms with Crippen LogP contribution in [-0.4, -0.2) is 26.8 Å². The maximum atomic E-state index is 13.0. The first-order valence-corrected chi connectivity index (χ1v) is 9.33. The van der Waals surface area contributed by atoms with E-state index in [1.54, 1.807) is 20.3 Å². The number of methoxy groups -OCH3 is 2. The van der Waals surface area contributed by atoms with Crippen LogP contribution in [0, 0.1) is 0 Å². The van der Waals surface area contributed by atoms with Crippen LogP contribution in [0.15, 0.2) is 57.8 Å². The number of nitrogens with one attached hydrogen (secondary N) is 1. The quantitative estimate of drug-likeness (QED) is 0.737. The molecule has 0 spiro atoms. The molecule has 3 aromatic rings. The summed E-state index contributed by atoms with van der Waals surface area (Å²) < 4.78 is 17.5. The van der Waals surface area contributed by atoms with Gasteiger partial charge in [-0.05, 0) is 18.9 Å². The molecular formula is C23H23NO4. The van der Waals surface area contributed by atoms with Gasteiger partial charge in [-0.25, -0.2) is 0 Å². The minimum Gasteiger partial charge on any atom is -0.496 e. The van der Waals surface area contributed by atoms with E-state index >= 15 is 0 Å². The van der Waals surface area contributed by atoms with Crippen LogP contribution >= 0.6 is 0 Å². The Hall–Kier alpha value is -3.05. The highest BCUT2D eigenvalue weighted by Crippen LogP contribution is 2.41. The Morgan fingerprint density at radius 3 is 2.50 bits per heavy atom. The van der Waals surface area contributed by atoms with Crippen LogP contribution in [-0.2, 0) is 0 Å². The molecular weight excluding hydrogens is 354 g/mol. The minimum absolute atomic E-state index is 0.136. The van der Waals surface area contributed by atoms with E-state index in [1.165, 1.54) is 6.07 Å². The third kappa shape index (κ3) is 3.18. The summed E-state index contributed by atoms with van der Waals surface area (Å²) in [5.74, 6) is 1.61. The Labute approximate surface area is 163 Å². The van der Waals surface area contributed by atoms with Crippen molar-refractivity contribution in [3.8, 4) is 22.8 Å². The lowest BCUT2D eigenvalue weighted by Gasteiger charge is -2.23. The lowest BCUT2D eigenvalue weighted by atomic mass is 9.93. The van der Waals surface area contributed by atoms with Gasteiger partial charge in [-0.1, -0.05) is 36.4 Å². The monoisotopic (exact) mass is 377 g/mol. The van der Waals surface area contributed by atoms with Gasteiger partial charge in [0.2, 0.25) is 0 Å². The Morgan fingerprint density at radius 2 is 1.82 bits per heavy atom. The van der Waals surface area contributed by atoms with E-state index in [0.717, 1.165) is 29.7 Å². The number of ether oxygens (including phenoxy) is 2. The zero-order chi connectivity index (χ0) is 19.7. The summed E-state index contributed by atoms with van der Waals surface area (Å²) in [7, 11) is 3.17. The van der Waals surface area contributed by atoms with Crippen molar-refractivity contribution in [2.24, 2.45) is 0 Å². The topological polar surface area (TPSA) is 60.7 Å². The van der Waals surface area contributed by atoms with Crippen LogP contribution in [0.5, 0.6) is 11.5 Å². The molecule has 1 aliphatic heterocycles. The van der Waals surface area contributed by atoms with Gasteiger partial charge in [-0.2, -0.15) is 0 Å². The molecule has 1 N–H and O–H groups in total. The van der Waals surface area contributed by atoms with E-state index in [1.807, 2.05) is 30.3 Å². The number of rotatable bonds is 4. The molecule has 1 aliphatic rings. The third-order valence-electron chi connectivity index (χ3n) is 5.09. The Balaban J connectivity index is 2.07. The molecule has 0 radical (unpaired) electrons. The van der Waals surface area contributed by atoms with Crippen molar-refractivity contribution in [3.05, 3.63) is 64.3 Å². The van der Waals surface area contributed by atoms with Gasteiger partial charge in [0.1, 0.15) is 22.6 Å². The fourth-order valence-electron chi connectivity index (χ4n) is 3.72. The van der Waals surface area contributed by atoms with Crippen molar-refractivity contribution < 1.29 is 13.9 Å². The van der Waals surface area contributed by atoms with E-state index < -0.39 is 0 Å². The van der Waals surface area contributed by atoms with E-state index in [0.29, 0.717) is 34.3 Å². The summed E-state index contributed by atoms with van der Waals surface area (Å²) >= 11 is 0. The van der Waals surface area contributed by atoms with Gasteiger partial charge in [0.05, 0.1) is 19.8 Å². The number of benzene rings is 2. The average Bonchev–Trinajstić information content (AvgIpc) is 2.72. The third-order valence-corrected chi connectivity index (χ3v) is 5.09. The van der Waals surface area contributed by atoms with Gasteiger partial charge in [0.25, 0.3) is 0 Å². The highest BCUT2D eigenvalue weighted by atomic mass is 16.5. The predicted molar refractivity (Wildman–Crippen MR) is 111 cm³/mol. The van der Waals surface area contributed by atoms with Crippen molar-refractivity contribution in [2.45, 2.75) is 19.4 Å². The highest BCUT2D eigenvalue weighted by Gasteiger charge is 2.24. The first-order valence-electron chi connectivity index (χ1n) is 9.33. The summed E-state index contributed by atoms with van der Waals surface area (Å²) in [6, 6.07) is 13.2. The second-order valence-electron chi connectivity index (χ2n) is 6.94. The van der Waals surface area contributed by atoms with E-state index in [4.69, 9.17) is 13.9 Å². The molecule has 4 rings (SSSR count). The molecule has 0 bridgehead atoms. The Kier molecular flexibility index (Phi) is 4.92. The SMILES string of the molecule is COc1cc(OC)c2c(=O)cc(-c3ccccc3)oc2c1C1=CCNC(C)C1. The zero-order valence-electron chi connectivity index (χ0n) is 16.2. The molecule has 1 unspecified atom stereocenters. The fraction of sp³-hybridized carbons (Fsp3) is 0.261. The van der Waals surface area contributed by atoms with Crippen LogP contribution in [0.25, 0.3) is 27.9 Å². The number of hydrogen-bond donors (Lipinski definition) is 1. The van der Waals surface area contributed by atoms with Crippen LogP contribution in [0.4, 0.5) is 0 Å². The maximum absolute atomic E-state index is 13.0. The second kappa shape index (κ2) is 7.52. The van der Waals surface area contributed by atoms with Crippen molar-refractivity contribution in [2.75, 3.05) is 20.8 Å². The number of hydrogen-bond acceptors (Lipinski definition) is 5. The van der Waals surface area contributed by atoms with Crippen molar-refractivity contribution in [1.29, 1.82) is 0 Å². The largest absolute Gasteiger partial charge is 0.496 e. The molecule has 28 heavy (non-hydrogen) atoms. The Bertz CT molecular complexity index is 1100. The predicted octanol–water partition coefficient (Wildman–Crippen LogP) is 4.24. The van der Waals surface area contributed by atoms with Gasteiger partial charge < -0.3 is 19.2 Å². The van der Waals surface area contributed by atoms with Crippen molar-refractivity contribution in [3.63, 3.8) is 0 Å². The second-order valence-corrected chi connectivity index (χ2v) is 6.94. The van der Waals surface area contributed by atoms with Gasteiger partial charge in [-0.3, -0.25) is 4.79 Å². The molecule has 2 aromatic carbocycles. The molecule has 0 aliphatic carbocycles. The minimum atomic E-state index is -0.136. The van der Waals surface area contributed by atoms with Gasteiger partial charge in [0, 0.05) is 30.3 Å². The van der Waals surface area contributed by atoms with E-state index in [9.17, 15) is 4.79 Å². The molecule has 1 atom stereocenters. The normalized spacial score (nSPS) is 16.7. The fourth-order valence-corrected chi connectivity index (χ4v) is 3.72. The van der Waals surface area contributed by atoms with Crippen LogP contribution < -0.4 is 20.2 Å². The zero-order valence-corrected chi connectivity index (χ0v) is 16.2. The highest BCUT2D eigenvalue weighted by molar-refractivity contribution is 5.97. The lowest BCUT2D eigenvalue weighted by molar-refractivity contribution is 0.395. The Morgan fingerprint density at radius 1 is 1.07 bits per heavy atom. The molecule has 1 aromatic heterocycles. The maximum Gasteiger partial charge on any atom is 0.197 e. The van der Waals surface area contributed by atoms with Gasteiger partial charge in [0.15, 0.2) is 11.0 Å². The first kappa shape index (κ1) is 18.3. The van der Waals surface area contributed by atoms with Crippen molar-refractivity contribution in [1.82, 2.24) is 5.32 Å². The number of fused-ring (bicyclic) bond motifs is 1. The standard InChI is InChI=1S/C23H23NO4/c1-14-11-16(9-10-24-14)21-19(26-2)13-20(27-3)22-17(25)12-18(28-23(21)22)15-7-5-4-6-8-15/h4-9,12-14,24H,10-11H2,1-3H3. The smallest absolute Gasteiger partial charge is 0.197 e. The molecule has 0 saturated heterocycles. The summed E-state index contributed by atoms with van der Waals surface area (Å²) in [6.07, 6.45) is 2.94. The summed E-state index contributed by atoms with van der Waals surface area (Å²) in [6.45, 7) is 2.90. The molecule has 5 nitrogen and oxygen atoms in total. The summed E-state index contributed by atoms with van der Waals surface area (Å²) in [5.41, 5.74) is 3.14. The van der Waals surface area contributed by atoms with Gasteiger partial charge >= 0.3 is 0 Å². The summed E-state index contributed by atoms with van der Waals surface area (Å²) in [4.78, 5) is 13.0. The van der Waals surface area contributed by atoms with Crippen LogP contribution in [0.1, 0.15) is 18.9 Å². The van der Waals surface area contributed by atoms with Crippen molar-refractivity contribution >= 4 is 16.5 Å². The van der Waals surface area contributed by atoms with Crippen LogP contribution in [0.2, 0.25) is 0 Å². The molecule has 0 amide bonds. The lowest BCUT2D eigenvalue weighted by Crippen LogP contribution is -2.30. The summed E-state index contributed by atoms with van der Waals surface area (Å²) in [5, 5.41) is 3.84. The molecule has 5 heteroatoms. The average molecular weight is 377 g/mol. The van der Waals surface area contributed by atoms with E-state index in [-0.39, 0.29) is 5.43 Å². The molecule has 2 heterocycles. The van der Waals surface area contributed by atoms with E-state index in [2.05, 4.69) is 18.3 Å². The first-order chi connectivity index (χ1) is 13.6. The molecule has 0 saturated carbocycles. The molecule has 144 valence electrons. The molecule has 0 fully saturated rings.